The van der Waals surface area contributed by atoms with Crippen LogP contribution in [0.25, 0.3) is 22.3 Å². The average molecular weight is 416 g/mol. The second-order valence-electron chi connectivity index (χ2n) is 6.97. The van der Waals surface area contributed by atoms with Crippen LogP contribution in [0.2, 0.25) is 0 Å². The van der Waals surface area contributed by atoms with Crippen molar-refractivity contribution in [3.05, 3.63) is 58.8 Å². The number of hydrogen-bond acceptors (Lipinski definition) is 9. The fraction of sp³-hybridized carbons (Fsp3) is 0.286. The summed E-state index contributed by atoms with van der Waals surface area (Å²) in [5.74, 6) is -0.129. The Morgan fingerprint density at radius 2 is 1.70 bits per heavy atom. The molecule has 0 saturated carbocycles. The van der Waals surface area contributed by atoms with Crippen molar-refractivity contribution in [2.24, 2.45) is 0 Å². The molecule has 0 aliphatic carbocycles. The van der Waals surface area contributed by atoms with Gasteiger partial charge in [0.2, 0.25) is 6.29 Å². The van der Waals surface area contributed by atoms with E-state index in [-0.39, 0.29) is 22.5 Å². The average Bonchev–Trinajstić information content (AvgIpc) is 2.74. The number of aromatic hydroxyl groups is 1. The van der Waals surface area contributed by atoms with Gasteiger partial charge in [0, 0.05) is 23.8 Å². The highest BCUT2D eigenvalue weighted by atomic mass is 16.7. The first-order chi connectivity index (χ1) is 14.4. The van der Waals surface area contributed by atoms with Crippen molar-refractivity contribution >= 4 is 11.0 Å². The Kier molecular flexibility index (Phi) is 5.46. The third-order valence-electron chi connectivity index (χ3n) is 4.94. The molecule has 0 bridgehead atoms. The van der Waals surface area contributed by atoms with Gasteiger partial charge in [0.25, 0.3) is 0 Å². The zero-order chi connectivity index (χ0) is 21.4. The Hall–Kier alpha value is -2.95. The predicted molar refractivity (Wildman–Crippen MR) is 104 cm³/mol. The minimum Gasteiger partial charge on any atom is -0.507 e. The summed E-state index contributed by atoms with van der Waals surface area (Å²) in [7, 11) is 0. The Balaban J connectivity index is 1.71. The molecule has 1 fully saturated rings. The van der Waals surface area contributed by atoms with Crippen molar-refractivity contribution in [2.75, 3.05) is 6.61 Å². The first-order valence-corrected chi connectivity index (χ1v) is 9.22. The van der Waals surface area contributed by atoms with Crippen molar-refractivity contribution in [3.63, 3.8) is 0 Å². The maximum absolute atomic E-state index is 12.5. The summed E-state index contributed by atoms with van der Waals surface area (Å²) < 4.78 is 16.6. The van der Waals surface area contributed by atoms with E-state index in [1.54, 1.807) is 24.3 Å². The fourth-order valence-corrected chi connectivity index (χ4v) is 3.36. The number of phenols is 1. The Bertz CT molecular complexity index is 1090. The topological polar surface area (TPSA) is 150 Å². The SMILES string of the molecule is O=c1cc(-c2ccccc2)oc2cc(OC3OC(CO)C(O)C(O)C3O)cc(O)c12. The van der Waals surface area contributed by atoms with Gasteiger partial charge in [0.1, 0.15) is 52.6 Å². The molecular formula is C21H20O9. The van der Waals surface area contributed by atoms with E-state index in [1.807, 2.05) is 6.07 Å². The molecule has 1 aromatic heterocycles. The molecule has 2 aromatic carbocycles. The molecule has 1 aliphatic heterocycles. The smallest absolute Gasteiger partial charge is 0.229 e. The Labute approximate surface area is 170 Å². The molecule has 9 heteroatoms. The van der Waals surface area contributed by atoms with Crippen LogP contribution in [0, 0.1) is 0 Å². The molecule has 5 N–H and O–H groups in total. The summed E-state index contributed by atoms with van der Waals surface area (Å²) in [4.78, 5) is 12.5. The molecule has 5 unspecified atom stereocenters. The van der Waals surface area contributed by atoms with E-state index in [9.17, 15) is 30.3 Å². The number of phenolic OH excluding ortho intramolecular Hbond substituents is 1. The van der Waals surface area contributed by atoms with Crippen molar-refractivity contribution in [3.8, 4) is 22.8 Å². The van der Waals surface area contributed by atoms with Crippen molar-refractivity contribution in [1.82, 2.24) is 0 Å². The highest BCUT2D eigenvalue weighted by molar-refractivity contribution is 5.86. The first-order valence-electron chi connectivity index (χ1n) is 9.22. The maximum Gasteiger partial charge on any atom is 0.229 e. The third kappa shape index (κ3) is 3.64. The summed E-state index contributed by atoms with van der Waals surface area (Å²) in [6, 6.07) is 12.7. The van der Waals surface area contributed by atoms with Crippen LogP contribution in [0.5, 0.6) is 11.5 Å². The van der Waals surface area contributed by atoms with Gasteiger partial charge in [-0.05, 0) is 0 Å². The highest BCUT2D eigenvalue weighted by Crippen LogP contribution is 2.33. The van der Waals surface area contributed by atoms with Gasteiger partial charge in [-0.1, -0.05) is 30.3 Å². The summed E-state index contributed by atoms with van der Waals surface area (Å²) >= 11 is 0. The monoisotopic (exact) mass is 416 g/mol. The van der Waals surface area contributed by atoms with E-state index in [1.165, 1.54) is 12.1 Å². The molecule has 0 amide bonds. The minimum absolute atomic E-state index is 0.0160. The molecular weight excluding hydrogens is 396 g/mol. The molecule has 4 rings (SSSR count). The van der Waals surface area contributed by atoms with Gasteiger partial charge in [-0.3, -0.25) is 4.79 Å². The van der Waals surface area contributed by atoms with Crippen molar-refractivity contribution in [2.45, 2.75) is 30.7 Å². The lowest BCUT2D eigenvalue weighted by molar-refractivity contribution is -0.277. The fourth-order valence-electron chi connectivity index (χ4n) is 3.36. The van der Waals surface area contributed by atoms with E-state index in [2.05, 4.69) is 0 Å². The lowest BCUT2D eigenvalue weighted by Crippen LogP contribution is -2.60. The van der Waals surface area contributed by atoms with Crippen molar-refractivity contribution in [1.29, 1.82) is 0 Å². The second-order valence-corrected chi connectivity index (χ2v) is 6.97. The lowest BCUT2D eigenvalue weighted by Gasteiger charge is -2.39. The van der Waals surface area contributed by atoms with Gasteiger partial charge in [-0.15, -0.1) is 0 Å². The molecule has 3 aromatic rings. The van der Waals surface area contributed by atoms with Crippen LogP contribution in [0.1, 0.15) is 0 Å². The predicted octanol–water partition coefficient (Wildman–Crippen LogP) is 0.344. The van der Waals surface area contributed by atoms with Crippen LogP contribution in [0.3, 0.4) is 0 Å². The third-order valence-corrected chi connectivity index (χ3v) is 4.94. The molecule has 2 heterocycles. The normalized spacial score (nSPS) is 26.6. The Morgan fingerprint density at radius 3 is 2.40 bits per heavy atom. The second kappa shape index (κ2) is 8.05. The molecule has 30 heavy (non-hydrogen) atoms. The summed E-state index contributed by atoms with van der Waals surface area (Å²) in [6.07, 6.45) is -7.35. The quantitative estimate of drug-likeness (QED) is 0.406. The van der Waals surface area contributed by atoms with Gasteiger partial charge < -0.3 is 39.4 Å². The number of aliphatic hydroxyl groups excluding tert-OH is 4. The molecule has 5 atom stereocenters. The van der Waals surface area contributed by atoms with Crippen LogP contribution >= 0.6 is 0 Å². The maximum atomic E-state index is 12.5. The molecule has 158 valence electrons. The van der Waals surface area contributed by atoms with E-state index < -0.39 is 48.5 Å². The highest BCUT2D eigenvalue weighted by Gasteiger charge is 2.44. The van der Waals surface area contributed by atoms with E-state index in [4.69, 9.17) is 13.9 Å². The molecule has 1 saturated heterocycles. The number of benzene rings is 2. The van der Waals surface area contributed by atoms with Crippen molar-refractivity contribution < 1.29 is 39.4 Å². The first kappa shape index (κ1) is 20.3. The van der Waals surface area contributed by atoms with Gasteiger partial charge in [-0.2, -0.15) is 0 Å². The van der Waals surface area contributed by atoms with Crippen LogP contribution in [-0.2, 0) is 4.74 Å². The summed E-state index contributed by atoms with van der Waals surface area (Å²) in [5, 5.41) is 49.4. The van der Waals surface area contributed by atoms with E-state index in [0.29, 0.717) is 5.56 Å². The molecule has 9 nitrogen and oxygen atoms in total. The minimum atomic E-state index is -1.62. The Morgan fingerprint density at radius 1 is 0.967 bits per heavy atom. The number of hydrogen-bond donors (Lipinski definition) is 5. The van der Waals surface area contributed by atoms with Gasteiger partial charge in [0.15, 0.2) is 5.43 Å². The molecule has 0 radical (unpaired) electrons. The zero-order valence-electron chi connectivity index (χ0n) is 15.6. The van der Waals surface area contributed by atoms with E-state index >= 15 is 0 Å². The number of rotatable bonds is 4. The number of aliphatic hydroxyl groups is 4. The van der Waals surface area contributed by atoms with E-state index in [0.717, 1.165) is 6.07 Å². The van der Waals surface area contributed by atoms with Gasteiger partial charge >= 0.3 is 0 Å². The van der Waals surface area contributed by atoms with Crippen LogP contribution in [0.15, 0.2) is 57.7 Å². The van der Waals surface area contributed by atoms with Crippen LogP contribution < -0.4 is 10.2 Å². The largest absolute Gasteiger partial charge is 0.507 e. The zero-order valence-corrected chi connectivity index (χ0v) is 15.6. The van der Waals surface area contributed by atoms with Gasteiger partial charge in [-0.25, -0.2) is 0 Å². The number of ether oxygens (including phenoxy) is 2. The molecule has 1 aliphatic rings. The summed E-state index contributed by atoms with van der Waals surface area (Å²) in [5.41, 5.74) is 0.254. The van der Waals surface area contributed by atoms with Gasteiger partial charge in [0.05, 0.1) is 6.61 Å². The number of fused-ring (bicyclic) bond motifs is 1. The lowest BCUT2D eigenvalue weighted by atomic mass is 9.99. The molecule has 0 spiro atoms. The summed E-state index contributed by atoms with van der Waals surface area (Å²) in [6.45, 7) is -0.608. The van der Waals surface area contributed by atoms with Crippen LogP contribution in [0.4, 0.5) is 0 Å². The standard InChI is InChI=1S/C21H20O9/c22-9-16-18(25)19(26)20(27)21(30-16)28-11-6-12(23)17-13(24)8-14(29-15(17)7-11)10-4-2-1-3-5-10/h1-8,16,18-23,25-27H,9H2. The van der Waals surface area contributed by atoms with Crippen LogP contribution in [-0.4, -0.2) is 62.8 Å².